The summed E-state index contributed by atoms with van der Waals surface area (Å²) in [4.78, 5) is 0. The van der Waals surface area contributed by atoms with Gasteiger partial charge in [0.2, 0.25) is 0 Å². The molecule has 1 aromatic rings. The summed E-state index contributed by atoms with van der Waals surface area (Å²) in [6.07, 6.45) is 3.92. The minimum absolute atomic E-state index is 0. The Hall–Kier alpha value is -0.643. The van der Waals surface area contributed by atoms with Crippen LogP contribution in [-0.2, 0) is 0 Å². The van der Waals surface area contributed by atoms with E-state index in [0.717, 1.165) is 36.8 Å². The first-order valence-electron chi connectivity index (χ1n) is 5.23. The maximum atomic E-state index is 11.6. The van der Waals surface area contributed by atoms with Crippen molar-refractivity contribution in [2.75, 3.05) is 0 Å². The largest absolute Gasteiger partial charge is 1.00 e. The third kappa shape index (κ3) is 2.90. The average molecular weight is 194 g/mol. The van der Waals surface area contributed by atoms with Gasteiger partial charge in [0.1, 0.15) is 0 Å². The predicted molar refractivity (Wildman–Crippen MR) is 56.6 cm³/mol. The van der Waals surface area contributed by atoms with Crippen molar-refractivity contribution in [1.82, 2.24) is 0 Å². The zero-order chi connectivity index (χ0) is 9.97. The van der Waals surface area contributed by atoms with Gasteiger partial charge in [-0.25, -0.2) is 0 Å². The first kappa shape index (κ1) is 12.4. The summed E-state index contributed by atoms with van der Waals surface area (Å²) < 4.78 is 0. The normalized spacial score (nSPS) is 16.1. The first-order valence-corrected chi connectivity index (χ1v) is 5.23. The molecule has 1 aliphatic rings. The minimum atomic E-state index is 0. The van der Waals surface area contributed by atoms with Crippen molar-refractivity contribution in [2.45, 2.75) is 32.6 Å². The van der Waals surface area contributed by atoms with Crippen LogP contribution in [0.5, 0.6) is 0 Å². The maximum Gasteiger partial charge on any atom is 1.00 e. The summed E-state index contributed by atoms with van der Waals surface area (Å²) in [7, 11) is 0. The van der Waals surface area contributed by atoms with Gasteiger partial charge in [0.25, 0.3) is 0 Å². The Morgan fingerprint density at radius 1 is 1.00 bits per heavy atom. The Morgan fingerprint density at radius 2 is 1.60 bits per heavy atom. The molecule has 74 valence electrons. The molecule has 15 heavy (non-hydrogen) atoms. The van der Waals surface area contributed by atoms with Crippen LogP contribution in [0.1, 0.15) is 36.8 Å². The van der Waals surface area contributed by atoms with E-state index in [1.807, 2.05) is 0 Å². The van der Waals surface area contributed by atoms with Crippen LogP contribution in [0.3, 0.4) is 0 Å². The van der Waals surface area contributed by atoms with E-state index in [0.29, 0.717) is 5.76 Å². The molecule has 0 bridgehead atoms. The molecule has 1 nitrogen and oxygen atoms in total. The molecule has 2 heteroatoms. The van der Waals surface area contributed by atoms with Crippen LogP contribution in [0.2, 0.25) is 0 Å². The Bertz CT molecular complexity index is 351. The molecule has 2 rings (SSSR count). The van der Waals surface area contributed by atoms with Gasteiger partial charge in [0, 0.05) is 0 Å². The first-order chi connectivity index (χ1) is 6.77. The second kappa shape index (κ2) is 5.44. The van der Waals surface area contributed by atoms with Crippen LogP contribution < -0.4 is 24.0 Å². The number of aryl methyl sites for hydroxylation is 1. The average Bonchev–Trinajstić information content (AvgIpc) is 2.20. The fourth-order valence-corrected chi connectivity index (χ4v) is 1.94. The van der Waals surface area contributed by atoms with Crippen LogP contribution in [0, 0.1) is 6.92 Å². The van der Waals surface area contributed by atoms with E-state index in [9.17, 15) is 5.11 Å². The molecule has 0 amide bonds. The zero-order valence-electron chi connectivity index (χ0n) is 9.55. The van der Waals surface area contributed by atoms with E-state index in [4.69, 9.17) is 0 Å². The Kier molecular flexibility index (Phi) is 4.51. The van der Waals surface area contributed by atoms with Gasteiger partial charge >= 0.3 is 18.9 Å². The SMILES string of the molecule is Cc1ccc(C2=C([O-])CCCC2)cc1.[Li+]. The van der Waals surface area contributed by atoms with Gasteiger partial charge < -0.3 is 5.11 Å². The molecular formula is C13H15LiO. The molecule has 0 N–H and O–H groups in total. The minimum Gasteiger partial charge on any atom is -0.875 e. The molecule has 0 spiro atoms. The topological polar surface area (TPSA) is 23.1 Å². The van der Waals surface area contributed by atoms with E-state index in [1.165, 1.54) is 5.56 Å². The summed E-state index contributed by atoms with van der Waals surface area (Å²) in [5, 5.41) is 11.6. The van der Waals surface area contributed by atoms with Crippen molar-refractivity contribution in [2.24, 2.45) is 0 Å². The Balaban J connectivity index is 0.00000112. The van der Waals surface area contributed by atoms with Gasteiger partial charge in [-0.3, -0.25) is 0 Å². The second-order valence-electron chi connectivity index (χ2n) is 3.97. The van der Waals surface area contributed by atoms with E-state index < -0.39 is 0 Å². The fraction of sp³-hybridized carbons (Fsp3) is 0.385. The van der Waals surface area contributed by atoms with E-state index in [1.54, 1.807) is 0 Å². The molecule has 0 saturated heterocycles. The summed E-state index contributed by atoms with van der Waals surface area (Å²) in [6, 6.07) is 8.27. The smallest absolute Gasteiger partial charge is 0.875 e. The summed E-state index contributed by atoms with van der Waals surface area (Å²) in [6.45, 7) is 2.07. The van der Waals surface area contributed by atoms with E-state index in [2.05, 4.69) is 31.2 Å². The van der Waals surface area contributed by atoms with Crippen LogP contribution in [0.15, 0.2) is 30.0 Å². The maximum absolute atomic E-state index is 11.6. The standard InChI is InChI=1S/C13H16O.Li/c1-10-6-8-11(9-7-10)12-4-2-3-5-13(12)14;/h6-9,14H,2-5H2,1H3;/q;+1/p-1. The summed E-state index contributed by atoms with van der Waals surface area (Å²) in [5.41, 5.74) is 3.41. The van der Waals surface area contributed by atoms with Crippen LogP contribution in [-0.4, -0.2) is 0 Å². The van der Waals surface area contributed by atoms with Gasteiger partial charge in [0.15, 0.2) is 0 Å². The molecule has 1 aliphatic carbocycles. The van der Waals surface area contributed by atoms with Gasteiger partial charge in [-0.1, -0.05) is 41.8 Å². The molecule has 0 aliphatic heterocycles. The number of allylic oxidation sites excluding steroid dienone is 2. The molecule has 0 fully saturated rings. The molecule has 0 heterocycles. The van der Waals surface area contributed by atoms with Gasteiger partial charge in [-0.2, -0.15) is 0 Å². The molecule has 0 atom stereocenters. The fourth-order valence-electron chi connectivity index (χ4n) is 1.94. The summed E-state index contributed by atoms with van der Waals surface area (Å²) in [5.74, 6) is 0.347. The van der Waals surface area contributed by atoms with Crippen molar-refractivity contribution in [3.05, 3.63) is 41.2 Å². The Labute approximate surface area is 103 Å². The monoisotopic (exact) mass is 194 g/mol. The second-order valence-corrected chi connectivity index (χ2v) is 3.97. The molecule has 0 radical (unpaired) electrons. The molecule has 0 saturated carbocycles. The molecular weight excluding hydrogens is 179 g/mol. The van der Waals surface area contributed by atoms with E-state index in [-0.39, 0.29) is 18.9 Å². The molecule has 1 aromatic carbocycles. The molecule has 0 aromatic heterocycles. The van der Waals surface area contributed by atoms with Crippen molar-refractivity contribution < 1.29 is 24.0 Å². The number of rotatable bonds is 1. The quantitative estimate of drug-likeness (QED) is 0.560. The third-order valence-corrected chi connectivity index (χ3v) is 2.82. The van der Waals surface area contributed by atoms with Crippen molar-refractivity contribution in [3.63, 3.8) is 0 Å². The van der Waals surface area contributed by atoms with Gasteiger partial charge in [-0.05, 0) is 31.7 Å². The third-order valence-electron chi connectivity index (χ3n) is 2.82. The van der Waals surface area contributed by atoms with E-state index >= 15 is 0 Å². The summed E-state index contributed by atoms with van der Waals surface area (Å²) >= 11 is 0. The molecule has 0 unspecified atom stereocenters. The van der Waals surface area contributed by atoms with Crippen LogP contribution >= 0.6 is 0 Å². The van der Waals surface area contributed by atoms with Crippen LogP contribution in [0.25, 0.3) is 5.57 Å². The van der Waals surface area contributed by atoms with Crippen molar-refractivity contribution >= 4 is 5.57 Å². The number of hydrogen-bond donors (Lipinski definition) is 0. The van der Waals surface area contributed by atoms with Crippen molar-refractivity contribution in [1.29, 1.82) is 0 Å². The van der Waals surface area contributed by atoms with Crippen LogP contribution in [0.4, 0.5) is 0 Å². The Morgan fingerprint density at radius 3 is 2.20 bits per heavy atom. The van der Waals surface area contributed by atoms with Gasteiger partial charge in [-0.15, -0.1) is 5.76 Å². The number of hydrogen-bond acceptors (Lipinski definition) is 1. The zero-order valence-corrected chi connectivity index (χ0v) is 9.55. The predicted octanol–water partition coefficient (Wildman–Crippen LogP) is -0.356. The van der Waals surface area contributed by atoms with Gasteiger partial charge in [0.05, 0.1) is 0 Å². The number of benzene rings is 1. The van der Waals surface area contributed by atoms with Crippen molar-refractivity contribution in [3.8, 4) is 0 Å².